The van der Waals surface area contributed by atoms with Gasteiger partial charge in [-0.3, -0.25) is 14.2 Å². The molecule has 0 aliphatic heterocycles. The first kappa shape index (κ1) is 23.1. The van der Waals surface area contributed by atoms with E-state index in [2.05, 4.69) is 10.6 Å². The van der Waals surface area contributed by atoms with Gasteiger partial charge in [-0.2, -0.15) is 0 Å². The summed E-state index contributed by atoms with van der Waals surface area (Å²) in [7, 11) is -3.43. The zero-order valence-electron chi connectivity index (χ0n) is 15.8. The van der Waals surface area contributed by atoms with E-state index in [-0.39, 0.29) is 37.2 Å². The lowest BCUT2D eigenvalue weighted by atomic mass is 9.91. The van der Waals surface area contributed by atoms with Gasteiger partial charge in [0.25, 0.3) is 0 Å². The van der Waals surface area contributed by atoms with Crippen LogP contribution in [-0.2, 0) is 14.2 Å². The number of nitrogens with one attached hydrogen (secondary N) is 2. The molecule has 1 fully saturated rings. The molecule has 1 aliphatic rings. The van der Waals surface area contributed by atoms with Gasteiger partial charge < -0.3 is 26.4 Å². The third-order valence-electron chi connectivity index (χ3n) is 4.73. The molecule has 0 aromatic heterocycles. The van der Waals surface area contributed by atoms with E-state index in [1.54, 1.807) is 13.8 Å². The van der Waals surface area contributed by atoms with Crippen molar-refractivity contribution in [3.05, 3.63) is 0 Å². The molecule has 0 radical (unpaired) electrons. The van der Waals surface area contributed by atoms with Crippen molar-refractivity contribution in [1.82, 2.24) is 10.6 Å². The molecule has 0 aromatic rings. The molecule has 8 nitrogen and oxygen atoms in total. The van der Waals surface area contributed by atoms with Crippen LogP contribution in [0, 0.1) is 11.8 Å². The standard InChI is InChI=1S/C17H34N3O5P/c1-12(2)16(20-15(22)8-18)17(23)19-9-14(21)11-26(24,25)10-13-6-4-3-5-7-13/h12-14,16,21H,3-11,18H2,1-2H3,(H,19,23)(H,20,22)(H,24,25)/t14-,16+/m1/s1. The first-order chi connectivity index (χ1) is 12.1. The van der Waals surface area contributed by atoms with E-state index < -0.39 is 31.3 Å². The van der Waals surface area contributed by atoms with Crippen LogP contribution in [0.5, 0.6) is 0 Å². The Morgan fingerprint density at radius 2 is 1.85 bits per heavy atom. The topological polar surface area (TPSA) is 142 Å². The maximum atomic E-state index is 12.4. The fourth-order valence-corrected chi connectivity index (χ4v) is 5.45. The molecule has 0 heterocycles. The van der Waals surface area contributed by atoms with Crippen molar-refractivity contribution in [3.63, 3.8) is 0 Å². The highest BCUT2D eigenvalue weighted by molar-refractivity contribution is 7.58. The molecule has 2 amide bonds. The summed E-state index contributed by atoms with van der Waals surface area (Å²) in [5.41, 5.74) is 5.25. The molecule has 9 heteroatoms. The van der Waals surface area contributed by atoms with Crippen LogP contribution in [0.15, 0.2) is 0 Å². The molecular weight excluding hydrogens is 357 g/mol. The van der Waals surface area contributed by atoms with Gasteiger partial charge in [0.05, 0.1) is 18.8 Å². The molecule has 0 bridgehead atoms. The van der Waals surface area contributed by atoms with Crippen molar-refractivity contribution in [2.45, 2.75) is 58.1 Å². The summed E-state index contributed by atoms with van der Waals surface area (Å²) in [6, 6.07) is -0.763. The summed E-state index contributed by atoms with van der Waals surface area (Å²) in [6.07, 6.45) is 4.20. The number of aliphatic hydroxyl groups excluding tert-OH is 1. The predicted octanol–water partition coefficient (Wildman–Crippen LogP) is 0.414. The largest absolute Gasteiger partial charge is 0.391 e. The molecule has 0 spiro atoms. The van der Waals surface area contributed by atoms with E-state index in [4.69, 9.17) is 5.73 Å². The van der Waals surface area contributed by atoms with Crippen LogP contribution in [0.2, 0.25) is 0 Å². The van der Waals surface area contributed by atoms with Crippen LogP contribution < -0.4 is 16.4 Å². The molecule has 26 heavy (non-hydrogen) atoms. The average molecular weight is 391 g/mol. The van der Waals surface area contributed by atoms with Crippen LogP contribution in [-0.4, -0.2) is 59.4 Å². The van der Waals surface area contributed by atoms with E-state index in [0.717, 1.165) is 25.7 Å². The van der Waals surface area contributed by atoms with E-state index in [1.807, 2.05) is 0 Å². The summed E-state index contributed by atoms with van der Waals surface area (Å²) in [6.45, 7) is 3.22. The first-order valence-corrected chi connectivity index (χ1v) is 11.4. The fourth-order valence-electron chi connectivity index (χ4n) is 3.34. The number of rotatable bonds is 10. The SMILES string of the molecule is CC(C)[C@H](NC(=O)CN)C(=O)NC[C@@H](O)CP(=O)(O)CC1CCCCC1. The van der Waals surface area contributed by atoms with E-state index in [0.29, 0.717) is 0 Å². The van der Waals surface area contributed by atoms with Crippen LogP contribution in [0.4, 0.5) is 0 Å². The minimum Gasteiger partial charge on any atom is -0.391 e. The highest BCUT2D eigenvalue weighted by Gasteiger charge is 2.29. The monoisotopic (exact) mass is 391 g/mol. The quantitative estimate of drug-likeness (QED) is 0.342. The van der Waals surface area contributed by atoms with Crippen molar-refractivity contribution in [2.75, 3.05) is 25.4 Å². The molecule has 1 saturated carbocycles. The summed E-state index contributed by atoms with van der Waals surface area (Å²) in [5, 5.41) is 15.1. The summed E-state index contributed by atoms with van der Waals surface area (Å²) in [4.78, 5) is 33.8. The maximum absolute atomic E-state index is 12.4. The normalized spacial score (nSPS) is 20.2. The Bertz CT molecular complexity index is 509. The van der Waals surface area contributed by atoms with Crippen LogP contribution in [0.1, 0.15) is 46.0 Å². The van der Waals surface area contributed by atoms with Gasteiger partial charge in [-0.15, -0.1) is 0 Å². The Balaban J connectivity index is 2.45. The Kier molecular flexibility index (Phi) is 9.79. The molecule has 6 N–H and O–H groups in total. The van der Waals surface area contributed by atoms with Gasteiger partial charge in [0.2, 0.25) is 19.2 Å². The van der Waals surface area contributed by atoms with Gasteiger partial charge in [0, 0.05) is 12.7 Å². The smallest absolute Gasteiger partial charge is 0.242 e. The van der Waals surface area contributed by atoms with E-state index in [1.165, 1.54) is 6.42 Å². The van der Waals surface area contributed by atoms with Crippen molar-refractivity contribution in [2.24, 2.45) is 17.6 Å². The number of carbonyl (C=O) groups excluding carboxylic acids is 2. The zero-order valence-corrected chi connectivity index (χ0v) is 16.7. The lowest BCUT2D eigenvalue weighted by molar-refractivity contribution is -0.129. The first-order valence-electron chi connectivity index (χ1n) is 9.40. The second-order valence-electron chi connectivity index (χ2n) is 7.61. The van der Waals surface area contributed by atoms with Gasteiger partial charge in [0.15, 0.2) is 0 Å². The van der Waals surface area contributed by atoms with Crippen LogP contribution >= 0.6 is 7.37 Å². The lowest BCUT2D eigenvalue weighted by Crippen LogP contribution is -2.52. The fraction of sp³-hybridized carbons (Fsp3) is 0.882. The Morgan fingerprint density at radius 1 is 1.23 bits per heavy atom. The number of aliphatic hydroxyl groups is 1. The van der Waals surface area contributed by atoms with Crippen molar-refractivity contribution >= 4 is 19.2 Å². The number of nitrogens with two attached hydrogens (primary N) is 1. The predicted molar refractivity (Wildman–Crippen MR) is 101 cm³/mol. The summed E-state index contributed by atoms with van der Waals surface area (Å²) < 4.78 is 12.4. The number of hydrogen-bond donors (Lipinski definition) is 5. The number of hydrogen-bond acceptors (Lipinski definition) is 5. The minimum atomic E-state index is -3.43. The van der Waals surface area contributed by atoms with Gasteiger partial charge in [-0.05, 0) is 24.7 Å². The molecule has 1 rings (SSSR count). The minimum absolute atomic E-state index is 0.129. The highest BCUT2D eigenvalue weighted by atomic mass is 31.2. The molecule has 1 unspecified atom stereocenters. The number of amides is 2. The third kappa shape index (κ3) is 8.62. The van der Waals surface area contributed by atoms with Crippen molar-refractivity contribution < 1.29 is 24.2 Å². The molecular formula is C17H34N3O5P. The number of carbonyl (C=O) groups is 2. The van der Waals surface area contributed by atoms with Crippen LogP contribution in [0.3, 0.4) is 0 Å². The Labute approximate surface area is 155 Å². The molecule has 3 atom stereocenters. The maximum Gasteiger partial charge on any atom is 0.242 e. The zero-order chi connectivity index (χ0) is 19.7. The Morgan fingerprint density at radius 3 is 2.38 bits per heavy atom. The molecule has 0 saturated heterocycles. The second kappa shape index (κ2) is 11.0. The van der Waals surface area contributed by atoms with E-state index >= 15 is 0 Å². The van der Waals surface area contributed by atoms with Gasteiger partial charge in [0.1, 0.15) is 6.04 Å². The van der Waals surface area contributed by atoms with Gasteiger partial charge in [-0.1, -0.05) is 33.1 Å². The third-order valence-corrected chi connectivity index (χ3v) is 6.81. The van der Waals surface area contributed by atoms with Crippen molar-refractivity contribution in [1.29, 1.82) is 0 Å². The molecule has 0 aromatic carbocycles. The summed E-state index contributed by atoms with van der Waals surface area (Å²) in [5.74, 6) is -0.788. The van der Waals surface area contributed by atoms with Gasteiger partial charge >= 0.3 is 0 Å². The Hall–Kier alpha value is -0.950. The highest BCUT2D eigenvalue weighted by Crippen LogP contribution is 2.45. The average Bonchev–Trinajstić information content (AvgIpc) is 2.57. The summed E-state index contributed by atoms with van der Waals surface area (Å²) >= 11 is 0. The van der Waals surface area contributed by atoms with Gasteiger partial charge in [-0.25, -0.2) is 0 Å². The molecule has 152 valence electrons. The molecule has 1 aliphatic carbocycles. The lowest BCUT2D eigenvalue weighted by Gasteiger charge is -2.25. The van der Waals surface area contributed by atoms with Crippen molar-refractivity contribution in [3.8, 4) is 0 Å². The second-order valence-corrected chi connectivity index (χ2v) is 10.0. The van der Waals surface area contributed by atoms with E-state index in [9.17, 15) is 24.2 Å². The van der Waals surface area contributed by atoms with Crippen LogP contribution in [0.25, 0.3) is 0 Å².